The first-order valence-electron chi connectivity index (χ1n) is 14.2. The van der Waals surface area contributed by atoms with E-state index >= 15 is 0 Å². The molecule has 0 aliphatic carbocycles. The van der Waals surface area contributed by atoms with Crippen molar-refractivity contribution in [2.24, 2.45) is 0 Å². The number of halogens is 2. The summed E-state index contributed by atoms with van der Waals surface area (Å²) >= 11 is 12.5. The second kappa shape index (κ2) is 13.6. The van der Waals surface area contributed by atoms with Crippen LogP contribution in [-0.2, 0) is 29.1 Å². The minimum Gasteiger partial charge on any atom is -0.508 e. The number of fused-ring (bicyclic) bond motifs is 1. The van der Waals surface area contributed by atoms with Crippen molar-refractivity contribution < 1.29 is 19.5 Å². The maximum Gasteiger partial charge on any atom is 0.334 e. The molecule has 44 heavy (non-hydrogen) atoms. The largest absolute Gasteiger partial charge is 0.508 e. The number of hydrogen-bond acceptors (Lipinski definition) is 6. The molecular weight excluding hydrogens is 603 g/mol. The fourth-order valence-corrected chi connectivity index (χ4v) is 6.09. The van der Waals surface area contributed by atoms with Gasteiger partial charge in [0.1, 0.15) is 18.0 Å². The number of hydrogen-bond donors (Lipinski definition) is 2. The van der Waals surface area contributed by atoms with Crippen LogP contribution in [0.4, 0.5) is 10.5 Å². The quantitative estimate of drug-likeness (QED) is 0.267. The van der Waals surface area contributed by atoms with Gasteiger partial charge in [0.25, 0.3) is 0 Å². The van der Waals surface area contributed by atoms with Crippen LogP contribution < -0.4 is 9.74 Å². The molecule has 12 heteroatoms. The van der Waals surface area contributed by atoms with E-state index in [4.69, 9.17) is 23.4 Å². The van der Waals surface area contributed by atoms with Gasteiger partial charge in [-0.3, -0.25) is 14.0 Å². The third kappa shape index (κ3) is 6.77. The number of aromatic hydroxyl groups is 1. The maximum atomic E-state index is 14.2. The molecule has 3 aromatic rings. The lowest BCUT2D eigenvalue weighted by molar-refractivity contribution is -0.189. The monoisotopic (exact) mass is 636 g/mol. The standard InChI is InChI=1S/C32H34Cl2N6O4/c1-3-15-38-21-30(42)39-28(16-22-9-12-25(41)13-10-22)31(43)37(19-24-11-14-26(33)27(17-24)36(2)34)20-29(39)40(38)32(44)35-18-23-7-5-4-6-8-23/h3-14,17,28-29,41H,1,15-16,18-21H2,2H3,(H,35,44)/t28-,29-/m0/s1. The van der Waals surface area contributed by atoms with Gasteiger partial charge in [-0.1, -0.05) is 66.2 Å². The van der Waals surface area contributed by atoms with Crippen LogP contribution in [0.5, 0.6) is 5.75 Å². The van der Waals surface area contributed by atoms with Gasteiger partial charge < -0.3 is 20.2 Å². The minimum absolute atomic E-state index is 0.0811. The van der Waals surface area contributed by atoms with Gasteiger partial charge in [0.15, 0.2) is 0 Å². The minimum atomic E-state index is -0.886. The van der Waals surface area contributed by atoms with Crippen LogP contribution in [-0.4, -0.2) is 81.7 Å². The van der Waals surface area contributed by atoms with E-state index in [1.807, 2.05) is 42.5 Å². The highest BCUT2D eigenvalue weighted by atomic mass is 35.5. The third-order valence-electron chi connectivity index (χ3n) is 7.75. The lowest BCUT2D eigenvalue weighted by atomic mass is 9.98. The van der Waals surface area contributed by atoms with Gasteiger partial charge in [-0.05, 0) is 41.0 Å². The van der Waals surface area contributed by atoms with Crippen LogP contribution in [0.3, 0.4) is 0 Å². The Bertz CT molecular complexity index is 1520. The Morgan fingerprint density at radius 1 is 1.07 bits per heavy atom. The molecule has 2 aliphatic rings. The number of benzene rings is 3. The van der Waals surface area contributed by atoms with E-state index in [0.717, 1.165) is 16.7 Å². The Kier molecular flexibility index (Phi) is 9.63. The molecule has 230 valence electrons. The van der Waals surface area contributed by atoms with E-state index in [-0.39, 0.29) is 56.7 Å². The number of rotatable bonds is 9. The van der Waals surface area contributed by atoms with Gasteiger partial charge in [-0.15, -0.1) is 6.58 Å². The van der Waals surface area contributed by atoms with E-state index < -0.39 is 18.2 Å². The molecule has 0 unspecified atom stereocenters. The number of phenols is 1. The molecule has 10 nitrogen and oxygen atoms in total. The maximum absolute atomic E-state index is 14.2. The van der Waals surface area contributed by atoms with Crippen molar-refractivity contribution in [1.29, 1.82) is 0 Å². The lowest BCUT2D eigenvalue weighted by Crippen LogP contribution is -2.76. The van der Waals surface area contributed by atoms with Crippen molar-refractivity contribution in [2.75, 3.05) is 31.1 Å². The zero-order valence-corrected chi connectivity index (χ0v) is 25.8. The fourth-order valence-electron chi connectivity index (χ4n) is 5.67. The summed E-state index contributed by atoms with van der Waals surface area (Å²) < 4.78 is 1.38. The number of anilines is 1. The molecule has 4 amide bonds. The number of hydrazine groups is 1. The zero-order valence-electron chi connectivity index (χ0n) is 24.3. The van der Waals surface area contributed by atoms with E-state index in [9.17, 15) is 19.5 Å². The first-order valence-corrected chi connectivity index (χ1v) is 14.9. The second-order valence-electron chi connectivity index (χ2n) is 10.8. The van der Waals surface area contributed by atoms with Crippen molar-refractivity contribution in [3.05, 3.63) is 107 Å². The Labute approximate surface area is 266 Å². The molecule has 3 aromatic carbocycles. The van der Waals surface area contributed by atoms with Crippen molar-refractivity contribution in [1.82, 2.24) is 25.1 Å². The lowest BCUT2D eigenvalue weighted by Gasteiger charge is -2.55. The zero-order chi connectivity index (χ0) is 31.4. The van der Waals surface area contributed by atoms with Crippen LogP contribution in [0.1, 0.15) is 16.7 Å². The Morgan fingerprint density at radius 2 is 1.77 bits per heavy atom. The van der Waals surface area contributed by atoms with E-state index in [2.05, 4.69) is 11.9 Å². The topological polar surface area (TPSA) is 99.7 Å². The summed E-state index contributed by atoms with van der Waals surface area (Å²) in [5.41, 5.74) is 3.06. The summed E-state index contributed by atoms with van der Waals surface area (Å²) in [7, 11) is 1.66. The second-order valence-corrected chi connectivity index (χ2v) is 11.7. The summed E-state index contributed by atoms with van der Waals surface area (Å²) in [6.07, 6.45) is 1.06. The number of urea groups is 1. The van der Waals surface area contributed by atoms with Gasteiger partial charge >= 0.3 is 6.03 Å². The molecule has 2 fully saturated rings. The van der Waals surface area contributed by atoms with Crippen molar-refractivity contribution in [3.8, 4) is 5.75 Å². The van der Waals surface area contributed by atoms with Gasteiger partial charge in [0.05, 0.1) is 23.8 Å². The van der Waals surface area contributed by atoms with Crippen LogP contribution >= 0.6 is 23.4 Å². The number of phenolic OH excluding ortho intramolecular Hbond substituents is 1. The average molecular weight is 638 g/mol. The van der Waals surface area contributed by atoms with Crippen LogP contribution in [0, 0.1) is 0 Å². The molecule has 2 heterocycles. The number of piperazine rings is 1. The molecule has 2 N–H and O–H groups in total. The van der Waals surface area contributed by atoms with Gasteiger partial charge in [0, 0.05) is 44.9 Å². The fraction of sp³-hybridized carbons (Fsp3) is 0.281. The van der Waals surface area contributed by atoms with Gasteiger partial charge in [-0.2, -0.15) is 0 Å². The van der Waals surface area contributed by atoms with Crippen molar-refractivity contribution in [3.63, 3.8) is 0 Å². The third-order valence-corrected chi connectivity index (χ3v) is 8.25. The van der Waals surface area contributed by atoms with E-state index in [1.165, 1.54) is 14.3 Å². The Hall–Kier alpha value is -4.25. The molecule has 2 aliphatic heterocycles. The van der Waals surface area contributed by atoms with Crippen LogP contribution in [0.25, 0.3) is 0 Å². The molecule has 0 spiro atoms. The number of carbonyl (C=O) groups excluding carboxylic acids is 3. The first-order chi connectivity index (χ1) is 21.2. The van der Waals surface area contributed by atoms with Crippen LogP contribution in [0.15, 0.2) is 85.5 Å². The van der Waals surface area contributed by atoms with E-state index in [1.54, 1.807) is 53.4 Å². The number of nitrogens with one attached hydrogen (secondary N) is 1. The number of amides is 4. The van der Waals surface area contributed by atoms with Crippen molar-refractivity contribution >= 4 is 46.9 Å². The smallest absolute Gasteiger partial charge is 0.334 e. The molecule has 2 saturated heterocycles. The molecular formula is C32H34Cl2N6O4. The van der Waals surface area contributed by atoms with E-state index in [0.29, 0.717) is 10.7 Å². The molecule has 0 radical (unpaired) electrons. The highest BCUT2D eigenvalue weighted by molar-refractivity contribution is 6.36. The van der Waals surface area contributed by atoms with Gasteiger partial charge in [0.2, 0.25) is 11.8 Å². The highest BCUT2D eigenvalue weighted by Gasteiger charge is 2.51. The molecule has 0 bridgehead atoms. The summed E-state index contributed by atoms with van der Waals surface area (Å²) in [6, 6.07) is 20.1. The van der Waals surface area contributed by atoms with Crippen molar-refractivity contribution in [2.45, 2.75) is 31.7 Å². The predicted molar refractivity (Wildman–Crippen MR) is 170 cm³/mol. The summed E-state index contributed by atoms with van der Waals surface area (Å²) in [5.74, 6) is -0.417. The SMILES string of the molecule is C=CCN1CC(=O)N2[C@@H](Cc3ccc(O)cc3)C(=O)N(Cc3ccc(Cl)c(N(C)Cl)c3)C[C@@H]2N1C(=O)NCc1ccccc1. The summed E-state index contributed by atoms with van der Waals surface area (Å²) in [6.45, 7) is 4.57. The summed E-state index contributed by atoms with van der Waals surface area (Å²) in [4.78, 5) is 44.9. The molecule has 0 saturated carbocycles. The Balaban J connectivity index is 1.51. The van der Waals surface area contributed by atoms with Gasteiger partial charge in [-0.25, -0.2) is 14.8 Å². The number of nitrogens with zero attached hydrogens (tertiary/aromatic N) is 5. The first kappa shape index (κ1) is 31.2. The highest BCUT2D eigenvalue weighted by Crippen LogP contribution is 2.32. The number of carbonyl (C=O) groups is 3. The predicted octanol–water partition coefficient (Wildman–Crippen LogP) is 4.37. The molecule has 2 atom stereocenters. The summed E-state index contributed by atoms with van der Waals surface area (Å²) in [5, 5.41) is 16.5. The molecule has 0 aromatic heterocycles. The Morgan fingerprint density at radius 3 is 2.45 bits per heavy atom. The molecule has 5 rings (SSSR count). The average Bonchev–Trinajstić information content (AvgIpc) is 3.00. The normalized spacial score (nSPS) is 18.7. The van der Waals surface area contributed by atoms with Crippen LogP contribution in [0.2, 0.25) is 5.02 Å².